The SMILES string of the molecule is CCONC(=O)c1cc(Br)c(F)c(F)c1Nc1ncc(C)cc1Br. The summed E-state index contributed by atoms with van der Waals surface area (Å²) in [6.07, 6.45) is 1.56. The van der Waals surface area contributed by atoms with Crippen LogP contribution in [0.5, 0.6) is 0 Å². The number of benzene rings is 1. The monoisotopic (exact) mass is 463 g/mol. The van der Waals surface area contributed by atoms with Crippen molar-refractivity contribution in [3.05, 3.63) is 50.0 Å². The molecule has 1 aromatic carbocycles. The smallest absolute Gasteiger partial charge is 0.277 e. The van der Waals surface area contributed by atoms with Crippen LogP contribution < -0.4 is 10.8 Å². The van der Waals surface area contributed by atoms with E-state index in [0.29, 0.717) is 4.47 Å². The summed E-state index contributed by atoms with van der Waals surface area (Å²) in [6.45, 7) is 3.74. The van der Waals surface area contributed by atoms with E-state index >= 15 is 0 Å². The van der Waals surface area contributed by atoms with Crippen LogP contribution in [0.25, 0.3) is 0 Å². The number of hydroxylamine groups is 1. The fourth-order valence-electron chi connectivity index (χ4n) is 1.83. The van der Waals surface area contributed by atoms with Crippen LogP contribution in [0, 0.1) is 18.6 Å². The molecule has 2 N–H and O–H groups in total. The van der Waals surface area contributed by atoms with Crippen LogP contribution >= 0.6 is 31.9 Å². The number of nitrogens with one attached hydrogen (secondary N) is 2. The highest BCUT2D eigenvalue weighted by molar-refractivity contribution is 9.10. The summed E-state index contributed by atoms with van der Waals surface area (Å²) in [6, 6.07) is 2.92. The quantitative estimate of drug-likeness (QED) is 0.500. The maximum atomic E-state index is 14.4. The Balaban J connectivity index is 2.50. The number of carbonyl (C=O) groups excluding carboxylic acids is 1. The van der Waals surface area contributed by atoms with Crippen LogP contribution in [0.15, 0.2) is 27.3 Å². The van der Waals surface area contributed by atoms with Gasteiger partial charge in [-0.2, -0.15) is 0 Å². The summed E-state index contributed by atoms with van der Waals surface area (Å²) in [5.74, 6) is -2.80. The van der Waals surface area contributed by atoms with Gasteiger partial charge in [0.15, 0.2) is 11.6 Å². The van der Waals surface area contributed by atoms with Crippen LogP contribution in [0.1, 0.15) is 22.8 Å². The van der Waals surface area contributed by atoms with Crippen LogP contribution in [0.3, 0.4) is 0 Å². The molecular formula is C15H13Br2F2N3O2. The van der Waals surface area contributed by atoms with Crippen molar-refractivity contribution in [3.63, 3.8) is 0 Å². The molecule has 2 rings (SSSR count). The van der Waals surface area contributed by atoms with Crippen LogP contribution in [0.2, 0.25) is 0 Å². The molecule has 0 radical (unpaired) electrons. The molecule has 0 unspecified atom stereocenters. The van der Waals surface area contributed by atoms with Crippen molar-refractivity contribution >= 4 is 49.3 Å². The van der Waals surface area contributed by atoms with Crippen LogP contribution in [-0.2, 0) is 4.84 Å². The number of carbonyl (C=O) groups is 1. The summed E-state index contributed by atoms with van der Waals surface area (Å²) < 4.78 is 28.6. The Hall–Kier alpha value is -1.58. The van der Waals surface area contributed by atoms with Crippen LogP contribution in [0.4, 0.5) is 20.3 Å². The van der Waals surface area contributed by atoms with Gasteiger partial charge in [0.25, 0.3) is 5.91 Å². The van der Waals surface area contributed by atoms with Gasteiger partial charge in [0, 0.05) is 6.20 Å². The predicted molar refractivity (Wildman–Crippen MR) is 93.1 cm³/mol. The first-order chi connectivity index (χ1) is 11.3. The van der Waals surface area contributed by atoms with Gasteiger partial charge in [0.1, 0.15) is 5.82 Å². The molecule has 0 aliphatic carbocycles. The van der Waals surface area contributed by atoms with E-state index in [1.807, 2.05) is 6.92 Å². The second-order valence-electron chi connectivity index (χ2n) is 4.74. The first kappa shape index (κ1) is 18.8. The Kier molecular flexibility index (Phi) is 6.25. The van der Waals surface area contributed by atoms with Gasteiger partial charge >= 0.3 is 0 Å². The highest BCUT2D eigenvalue weighted by atomic mass is 79.9. The molecule has 0 spiro atoms. The van der Waals surface area contributed by atoms with Crippen molar-refractivity contribution in [2.24, 2.45) is 0 Å². The van der Waals surface area contributed by atoms with Crippen molar-refractivity contribution in [2.75, 3.05) is 11.9 Å². The third-order valence-electron chi connectivity index (χ3n) is 2.94. The predicted octanol–water partition coefficient (Wildman–Crippen LogP) is 4.62. The number of pyridine rings is 1. The zero-order valence-electron chi connectivity index (χ0n) is 12.7. The molecule has 0 fully saturated rings. The summed E-state index contributed by atoms with van der Waals surface area (Å²) in [4.78, 5) is 21.1. The first-order valence-corrected chi connectivity index (χ1v) is 8.42. The summed E-state index contributed by atoms with van der Waals surface area (Å²) >= 11 is 6.18. The Morgan fingerprint density at radius 2 is 1.96 bits per heavy atom. The normalized spacial score (nSPS) is 10.6. The third-order valence-corrected chi connectivity index (χ3v) is 4.12. The Morgan fingerprint density at radius 3 is 2.58 bits per heavy atom. The molecule has 128 valence electrons. The van der Waals surface area contributed by atoms with Gasteiger partial charge in [-0.1, -0.05) is 0 Å². The second-order valence-corrected chi connectivity index (χ2v) is 6.45. The Bertz CT molecular complexity index is 788. The lowest BCUT2D eigenvalue weighted by Crippen LogP contribution is -2.25. The Labute approximate surface area is 154 Å². The largest absolute Gasteiger partial charge is 0.336 e. The third kappa shape index (κ3) is 4.08. The molecule has 0 aliphatic rings. The van der Waals surface area contributed by atoms with Gasteiger partial charge in [-0.05, 0) is 63.4 Å². The zero-order chi connectivity index (χ0) is 17.9. The number of aromatic nitrogens is 1. The van der Waals surface area contributed by atoms with Crippen LogP contribution in [-0.4, -0.2) is 17.5 Å². The fourth-order valence-corrected chi connectivity index (χ4v) is 2.80. The lowest BCUT2D eigenvalue weighted by Gasteiger charge is -2.15. The van der Waals surface area contributed by atoms with E-state index in [0.717, 1.165) is 11.6 Å². The lowest BCUT2D eigenvalue weighted by molar-refractivity contribution is 0.0365. The minimum atomic E-state index is -1.21. The topological polar surface area (TPSA) is 63.2 Å². The number of halogens is 4. The summed E-state index contributed by atoms with van der Waals surface area (Å²) in [5.41, 5.74) is 2.55. The molecule has 5 nitrogen and oxygen atoms in total. The standard InChI is InChI=1S/C15H13Br2F2N3O2/c1-3-24-22-15(23)8-5-9(16)11(18)12(19)13(8)21-14-10(17)4-7(2)6-20-14/h4-6H,3H2,1-2H3,(H,20,21)(H,22,23). The number of hydrogen-bond acceptors (Lipinski definition) is 4. The van der Waals surface area contributed by atoms with Gasteiger partial charge < -0.3 is 5.32 Å². The molecular weight excluding hydrogens is 452 g/mol. The molecule has 1 amide bonds. The minimum Gasteiger partial charge on any atom is -0.336 e. The van der Waals surface area contributed by atoms with E-state index in [1.165, 1.54) is 0 Å². The molecule has 0 bridgehead atoms. The second kappa shape index (κ2) is 8.00. The van der Waals surface area contributed by atoms with E-state index in [1.54, 1.807) is 19.2 Å². The first-order valence-electron chi connectivity index (χ1n) is 6.84. The molecule has 2 aromatic rings. The molecule has 24 heavy (non-hydrogen) atoms. The fraction of sp³-hybridized carbons (Fsp3) is 0.200. The van der Waals surface area contributed by atoms with Gasteiger partial charge in [-0.15, -0.1) is 0 Å². The van der Waals surface area contributed by atoms with Gasteiger partial charge in [-0.25, -0.2) is 19.2 Å². The average molecular weight is 465 g/mol. The van der Waals surface area contributed by atoms with Crippen molar-refractivity contribution in [2.45, 2.75) is 13.8 Å². The van der Waals surface area contributed by atoms with Gasteiger partial charge in [0.05, 0.1) is 26.8 Å². The molecule has 1 heterocycles. The number of anilines is 2. The van der Waals surface area contributed by atoms with Crippen molar-refractivity contribution in [3.8, 4) is 0 Å². The van der Waals surface area contributed by atoms with Crippen molar-refractivity contribution < 1.29 is 18.4 Å². The summed E-state index contributed by atoms with van der Waals surface area (Å²) in [5, 5.41) is 2.65. The van der Waals surface area contributed by atoms with Gasteiger partial charge in [-0.3, -0.25) is 9.63 Å². The van der Waals surface area contributed by atoms with Crippen molar-refractivity contribution in [1.29, 1.82) is 0 Å². The Morgan fingerprint density at radius 1 is 1.25 bits per heavy atom. The van der Waals surface area contributed by atoms with E-state index in [2.05, 4.69) is 47.6 Å². The maximum absolute atomic E-state index is 14.4. The highest BCUT2D eigenvalue weighted by Gasteiger charge is 2.23. The molecule has 0 saturated carbocycles. The molecule has 0 atom stereocenters. The molecule has 9 heteroatoms. The number of hydrogen-bond donors (Lipinski definition) is 2. The number of amides is 1. The molecule has 0 saturated heterocycles. The summed E-state index contributed by atoms with van der Waals surface area (Å²) in [7, 11) is 0. The van der Waals surface area contributed by atoms with E-state index in [9.17, 15) is 13.6 Å². The number of nitrogens with zero attached hydrogens (tertiary/aromatic N) is 1. The van der Waals surface area contributed by atoms with Crippen molar-refractivity contribution in [1.82, 2.24) is 10.5 Å². The molecule has 0 aliphatic heterocycles. The number of aryl methyl sites for hydroxylation is 1. The van der Waals surface area contributed by atoms with E-state index in [4.69, 9.17) is 4.84 Å². The minimum absolute atomic E-state index is 0.136. The zero-order valence-corrected chi connectivity index (χ0v) is 15.9. The number of rotatable bonds is 5. The maximum Gasteiger partial charge on any atom is 0.277 e. The van der Waals surface area contributed by atoms with Gasteiger partial charge in [0.2, 0.25) is 0 Å². The average Bonchev–Trinajstić information content (AvgIpc) is 2.54. The highest BCUT2D eigenvalue weighted by Crippen LogP contribution is 2.33. The van der Waals surface area contributed by atoms with E-state index < -0.39 is 17.5 Å². The van der Waals surface area contributed by atoms with E-state index in [-0.39, 0.29) is 28.1 Å². The lowest BCUT2D eigenvalue weighted by atomic mass is 10.1. The molecule has 1 aromatic heterocycles.